The van der Waals surface area contributed by atoms with Gasteiger partial charge in [0.05, 0.1) is 18.1 Å². The molecule has 0 spiro atoms. The zero-order chi connectivity index (χ0) is 21.4. The number of rotatable bonds is 7. The SMILES string of the molecule is CCC[C@]1(C(=O)O)CCN(Cc2ccc(Sc3nncn3C)o2)C[C@H]1O.O=CO. The van der Waals surface area contributed by atoms with Crippen LogP contribution in [-0.2, 0) is 23.2 Å². The molecule has 2 aromatic heterocycles. The molecule has 2 aromatic rings. The van der Waals surface area contributed by atoms with Gasteiger partial charge in [-0.1, -0.05) is 13.3 Å². The zero-order valence-electron chi connectivity index (χ0n) is 16.4. The maximum atomic E-state index is 11.7. The fraction of sp³-hybridized carbons (Fsp3) is 0.556. The first-order valence-corrected chi connectivity index (χ1v) is 10.00. The Hall–Kier alpha value is -2.37. The average molecular weight is 426 g/mol. The quantitative estimate of drug-likeness (QED) is 0.560. The summed E-state index contributed by atoms with van der Waals surface area (Å²) in [5.74, 6) is -0.118. The van der Waals surface area contributed by atoms with E-state index in [4.69, 9.17) is 14.3 Å². The van der Waals surface area contributed by atoms with Gasteiger partial charge in [0.1, 0.15) is 12.1 Å². The smallest absolute Gasteiger partial charge is 0.312 e. The first-order chi connectivity index (χ1) is 13.9. The predicted molar refractivity (Wildman–Crippen MR) is 103 cm³/mol. The van der Waals surface area contributed by atoms with Gasteiger partial charge in [0.2, 0.25) is 0 Å². The van der Waals surface area contributed by atoms with Gasteiger partial charge in [-0.25, -0.2) is 0 Å². The van der Waals surface area contributed by atoms with Gasteiger partial charge in [0, 0.05) is 13.6 Å². The van der Waals surface area contributed by atoms with Crippen LogP contribution >= 0.6 is 11.8 Å². The number of carboxylic acids is 1. The summed E-state index contributed by atoms with van der Waals surface area (Å²) in [7, 11) is 1.87. The molecule has 1 aliphatic rings. The van der Waals surface area contributed by atoms with Crippen molar-refractivity contribution < 1.29 is 29.3 Å². The van der Waals surface area contributed by atoms with Gasteiger partial charge in [0.15, 0.2) is 10.2 Å². The number of aliphatic carboxylic acids is 1. The van der Waals surface area contributed by atoms with Crippen LogP contribution < -0.4 is 0 Å². The monoisotopic (exact) mass is 426 g/mol. The van der Waals surface area contributed by atoms with Gasteiger partial charge < -0.3 is 24.3 Å². The van der Waals surface area contributed by atoms with E-state index in [1.165, 1.54) is 11.8 Å². The van der Waals surface area contributed by atoms with Crippen molar-refractivity contribution in [2.45, 2.75) is 49.1 Å². The third-order valence-corrected chi connectivity index (χ3v) is 5.92. The first-order valence-electron chi connectivity index (χ1n) is 9.18. The van der Waals surface area contributed by atoms with E-state index in [0.717, 1.165) is 22.4 Å². The number of aryl methyl sites for hydroxylation is 1. The van der Waals surface area contributed by atoms with Crippen LogP contribution in [0.2, 0.25) is 0 Å². The second-order valence-corrected chi connectivity index (χ2v) is 7.84. The summed E-state index contributed by atoms with van der Waals surface area (Å²) >= 11 is 1.39. The van der Waals surface area contributed by atoms with E-state index in [1.807, 2.05) is 35.6 Å². The molecule has 1 saturated heterocycles. The number of aliphatic hydroxyl groups is 1. The van der Waals surface area contributed by atoms with Crippen molar-refractivity contribution in [1.29, 1.82) is 0 Å². The number of hydrogen-bond donors (Lipinski definition) is 3. The number of hydrogen-bond acceptors (Lipinski definition) is 8. The molecule has 3 N–H and O–H groups in total. The number of furan rings is 1. The number of β-amino-alcohol motifs (C(OH)–C–C–N with tert-alkyl or cyclic N) is 1. The minimum absolute atomic E-state index is 0.250. The van der Waals surface area contributed by atoms with Crippen LogP contribution in [0.5, 0.6) is 0 Å². The van der Waals surface area contributed by atoms with Crippen molar-refractivity contribution in [3.05, 3.63) is 24.2 Å². The van der Waals surface area contributed by atoms with Crippen molar-refractivity contribution in [3.63, 3.8) is 0 Å². The van der Waals surface area contributed by atoms with Crippen LogP contribution in [-0.4, -0.2) is 66.6 Å². The number of nitrogens with zero attached hydrogens (tertiary/aromatic N) is 4. The van der Waals surface area contributed by atoms with Gasteiger partial charge >= 0.3 is 5.97 Å². The predicted octanol–water partition coefficient (Wildman–Crippen LogP) is 1.70. The summed E-state index contributed by atoms with van der Waals surface area (Å²) < 4.78 is 7.65. The largest absolute Gasteiger partial charge is 0.483 e. The zero-order valence-corrected chi connectivity index (χ0v) is 17.2. The molecule has 3 rings (SSSR count). The molecule has 160 valence electrons. The number of aromatic nitrogens is 3. The van der Waals surface area contributed by atoms with Crippen molar-refractivity contribution in [2.75, 3.05) is 13.1 Å². The summed E-state index contributed by atoms with van der Waals surface area (Å²) in [5, 5.41) is 36.3. The van der Waals surface area contributed by atoms with Crippen LogP contribution in [0.1, 0.15) is 31.9 Å². The summed E-state index contributed by atoms with van der Waals surface area (Å²) in [4.78, 5) is 22.1. The molecule has 0 radical (unpaired) electrons. The molecule has 2 atom stereocenters. The number of likely N-dealkylation sites (tertiary alicyclic amines) is 1. The molecule has 29 heavy (non-hydrogen) atoms. The summed E-state index contributed by atoms with van der Waals surface area (Å²) in [6.45, 7) is 3.19. The Labute approximate surface area is 172 Å². The Morgan fingerprint density at radius 1 is 1.48 bits per heavy atom. The van der Waals surface area contributed by atoms with Crippen LogP contribution in [0.4, 0.5) is 0 Å². The van der Waals surface area contributed by atoms with E-state index in [9.17, 15) is 15.0 Å². The maximum Gasteiger partial charge on any atom is 0.312 e. The van der Waals surface area contributed by atoms with E-state index in [2.05, 4.69) is 10.2 Å². The molecule has 1 fully saturated rings. The van der Waals surface area contributed by atoms with Gasteiger partial charge in [-0.05, 0) is 43.3 Å². The highest BCUT2D eigenvalue weighted by Gasteiger charge is 2.47. The molecule has 0 bridgehead atoms. The third-order valence-electron chi connectivity index (χ3n) is 4.94. The second-order valence-electron chi connectivity index (χ2n) is 6.86. The van der Waals surface area contributed by atoms with Crippen LogP contribution in [0.3, 0.4) is 0 Å². The van der Waals surface area contributed by atoms with Crippen molar-refractivity contribution >= 4 is 24.2 Å². The van der Waals surface area contributed by atoms with E-state index in [0.29, 0.717) is 32.5 Å². The highest BCUT2D eigenvalue weighted by molar-refractivity contribution is 7.99. The number of aliphatic hydroxyl groups excluding tert-OH is 1. The minimum atomic E-state index is -1.03. The molecule has 0 unspecified atom stereocenters. The molecular weight excluding hydrogens is 400 g/mol. The molecule has 3 heterocycles. The van der Waals surface area contributed by atoms with Crippen LogP contribution in [0, 0.1) is 5.41 Å². The Morgan fingerprint density at radius 3 is 2.76 bits per heavy atom. The minimum Gasteiger partial charge on any atom is -0.483 e. The molecular formula is C18H26N4O6S. The molecule has 0 aliphatic carbocycles. The highest BCUT2D eigenvalue weighted by Crippen LogP contribution is 2.37. The van der Waals surface area contributed by atoms with E-state index >= 15 is 0 Å². The maximum absolute atomic E-state index is 11.7. The lowest BCUT2D eigenvalue weighted by Gasteiger charge is -2.42. The lowest BCUT2D eigenvalue weighted by Crippen LogP contribution is -2.54. The Morgan fingerprint density at radius 2 is 2.21 bits per heavy atom. The average Bonchev–Trinajstić information content (AvgIpc) is 3.27. The van der Waals surface area contributed by atoms with Crippen LogP contribution in [0.15, 0.2) is 33.1 Å². The summed E-state index contributed by atoms with van der Waals surface area (Å²) in [6, 6.07) is 3.78. The normalized spacial score (nSPS) is 22.0. The standard InChI is InChI=1S/C17H24N4O4S.CH2O2/c1-3-6-17(15(23)24)7-8-21(10-13(17)22)9-12-4-5-14(25-12)26-16-19-18-11-20(16)2;2-1-3/h4-5,11,13,22H,3,6-10H2,1-2H3,(H,23,24);1H,(H,2,3)/t13-,17+;/m1./s1. The lowest BCUT2D eigenvalue weighted by molar-refractivity contribution is -0.164. The third kappa shape index (κ3) is 5.58. The van der Waals surface area contributed by atoms with Gasteiger partial charge in [-0.3, -0.25) is 14.5 Å². The second kappa shape index (κ2) is 10.4. The van der Waals surface area contributed by atoms with Crippen LogP contribution in [0.25, 0.3) is 0 Å². The molecule has 11 heteroatoms. The molecule has 0 amide bonds. The van der Waals surface area contributed by atoms with Gasteiger partial charge in [0.25, 0.3) is 6.47 Å². The van der Waals surface area contributed by atoms with E-state index < -0.39 is 17.5 Å². The number of carbonyl (C=O) groups is 2. The Balaban J connectivity index is 0.000000941. The molecule has 1 aliphatic heterocycles. The number of carboxylic acid groups (broad SMARTS) is 2. The molecule has 10 nitrogen and oxygen atoms in total. The summed E-state index contributed by atoms with van der Waals surface area (Å²) in [5.41, 5.74) is -1.03. The van der Waals surface area contributed by atoms with Crippen molar-refractivity contribution in [3.8, 4) is 0 Å². The van der Waals surface area contributed by atoms with E-state index in [-0.39, 0.29) is 6.47 Å². The lowest BCUT2D eigenvalue weighted by atomic mass is 9.73. The molecule has 0 saturated carbocycles. The number of piperidine rings is 1. The van der Waals surface area contributed by atoms with Gasteiger partial charge in [-0.2, -0.15) is 0 Å². The van der Waals surface area contributed by atoms with Crippen molar-refractivity contribution in [1.82, 2.24) is 19.7 Å². The topological polar surface area (TPSA) is 142 Å². The molecule has 0 aromatic carbocycles. The Bertz CT molecular complexity index is 810. The fourth-order valence-electron chi connectivity index (χ4n) is 3.45. The van der Waals surface area contributed by atoms with Gasteiger partial charge in [-0.15, -0.1) is 10.2 Å². The fourth-order valence-corrected chi connectivity index (χ4v) is 4.19. The first kappa shape index (κ1) is 22.9. The summed E-state index contributed by atoms with van der Waals surface area (Å²) in [6.07, 6.45) is 2.43. The van der Waals surface area contributed by atoms with E-state index in [1.54, 1.807) is 6.33 Å². The highest BCUT2D eigenvalue weighted by atomic mass is 32.2. The van der Waals surface area contributed by atoms with Crippen molar-refractivity contribution in [2.24, 2.45) is 12.5 Å². The Kier molecular flexibility index (Phi) is 8.23.